The van der Waals surface area contributed by atoms with E-state index in [0.29, 0.717) is 18.9 Å². The molecule has 0 bridgehead atoms. The zero-order valence-electron chi connectivity index (χ0n) is 15.0. The maximum absolute atomic E-state index is 13.8. The summed E-state index contributed by atoms with van der Waals surface area (Å²) in [6, 6.07) is 12.9. The molecule has 0 saturated carbocycles. The first-order valence-corrected chi connectivity index (χ1v) is 8.55. The highest BCUT2D eigenvalue weighted by Gasteiger charge is 2.18. The number of amides is 1. The first-order valence-electron chi connectivity index (χ1n) is 8.55. The number of carbonyl (C=O) groups is 1. The van der Waals surface area contributed by atoms with Crippen molar-refractivity contribution in [2.24, 2.45) is 0 Å². The van der Waals surface area contributed by atoms with E-state index in [0.717, 1.165) is 17.7 Å². The van der Waals surface area contributed by atoms with Gasteiger partial charge >= 0.3 is 0 Å². The maximum atomic E-state index is 13.8. The Morgan fingerprint density at radius 1 is 1.04 bits per heavy atom. The molecule has 28 heavy (non-hydrogen) atoms. The molecule has 0 aliphatic rings. The van der Waals surface area contributed by atoms with Gasteiger partial charge in [-0.25, -0.2) is 23.1 Å². The van der Waals surface area contributed by atoms with Gasteiger partial charge in [0, 0.05) is 19.2 Å². The monoisotopic (exact) mass is 386 g/mol. The normalized spacial score (nSPS) is 10.6. The number of benzene rings is 2. The van der Waals surface area contributed by atoms with Crippen molar-refractivity contribution in [2.45, 2.75) is 13.5 Å². The van der Waals surface area contributed by atoms with E-state index in [9.17, 15) is 18.0 Å². The largest absolute Gasteiger partial charge is 0.352 e. The van der Waals surface area contributed by atoms with Crippen molar-refractivity contribution in [2.75, 3.05) is 16.8 Å². The molecule has 1 heterocycles. The minimum atomic E-state index is -1.65. The Morgan fingerprint density at radius 2 is 1.79 bits per heavy atom. The van der Waals surface area contributed by atoms with E-state index in [-0.39, 0.29) is 5.69 Å². The standard InChI is InChI=1S/C20H17F3N4O/c1-2-27(11-13-6-4-3-5-7-13)17-10-16(24-12-25-17)20(28)26-15-9-8-14(21)18(22)19(15)23/h3-10,12H,2,11H2,1H3,(H,26,28). The Kier molecular flexibility index (Phi) is 5.88. The molecule has 0 spiro atoms. The van der Waals surface area contributed by atoms with Crippen molar-refractivity contribution in [1.29, 1.82) is 0 Å². The van der Waals surface area contributed by atoms with Gasteiger partial charge in [0.05, 0.1) is 5.69 Å². The summed E-state index contributed by atoms with van der Waals surface area (Å²) < 4.78 is 40.1. The average Bonchev–Trinajstić information content (AvgIpc) is 2.73. The minimum absolute atomic E-state index is 0.0272. The fraction of sp³-hybridized carbons (Fsp3) is 0.150. The molecule has 0 atom stereocenters. The Hall–Kier alpha value is -3.42. The Labute approximate surface area is 159 Å². The van der Waals surface area contributed by atoms with Crippen LogP contribution in [0.25, 0.3) is 0 Å². The summed E-state index contributed by atoms with van der Waals surface area (Å²) in [6.07, 6.45) is 1.22. The third-order valence-electron chi connectivity index (χ3n) is 4.09. The smallest absolute Gasteiger partial charge is 0.274 e. The second kappa shape index (κ2) is 8.51. The number of rotatable bonds is 6. The number of nitrogens with zero attached hydrogens (tertiary/aromatic N) is 3. The molecule has 0 unspecified atom stereocenters. The topological polar surface area (TPSA) is 58.1 Å². The van der Waals surface area contributed by atoms with Gasteiger partial charge in [0.1, 0.15) is 17.8 Å². The van der Waals surface area contributed by atoms with E-state index < -0.39 is 29.0 Å². The van der Waals surface area contributed by atoms with Crippen molar-refractivity contribution in [1.82, 2.24) is 9.97 Å². The van der Waals surface area contributed by atoms with Crippen LogP contribution in [-0.2, 0) is 6.54 Å². The van der Waals surface area contributed by atoms with Crippen LogP contribution >= 0.6 is 0 Å². The molecule has 1 amide bonds. The van der Waals surface area contributed by atoms with E-state index >= 15 is 0 Å². The van der Waals surface area contributed by atoms with Crippen molar-refractivity contribution in [3.05, 3.63) is 83.6 Å². The number of nitrogens with one attached hydrogen (secondary N) is 1. The molecule has 144 valence electrons. The Balaban J connectivity index is 1.80. The lowest BCUT2D eigenvalue weighted by molar-refractivity contribution is 0.102. The van der Waals surface area contributed by atoms with Crippen molar-refractivity contribution >= 4 is 17.4 Å². The van der Waals surface area contributed by atoms with Gasteiger partial charge in [-0.2, -0.15) is 0 Å². The molecule has 3 rings (SSSR count). The van der Waals surface area contributed by atoms with E-state index in [1.807, 2.05) is 42.2 Å². The van der Waals surface area contributed by atoms with Gasteiger partial charge in [0.2, 0.25) is 0 Å². The van der Waals surface area contributed by atoms with Crippen molar-refractivity contribution in [3.63, 3.8) is 0 Å². The van der Waals surface area contributed by atoms with Gasteiger partial charge in [-0.1, -0.05) is 30.3 Å². The van der Waals surface area contributed by atoms with Gasteiger partial charge in [-0.05, 0) is 24.6 Å². The van der Waals surface area contributed by atoms with E-state index in [1.165, 1.54) is 12.4 Å². The van der Waals surface area contributed by atoms with Crippen LogP contribution in [0.1, 0.15) is 23.0 Å². The molecule has 0 aliphatic carbocycles. The summed E-state index contributed by atoms with van der Waals surface area (Å²) in [5, 5.41) is 2.20. The van der Waals surface area contributed by atoms with Crippen LogP contribution in [0.4, 0.5) is 24.7 Å². The van der Waals surface area contributed by atoms with Crippen LogP contribution in [0.15, 0.2) is 54.9 Å². The predicted molar refractivity (Wildman–Crippen MR) is 99.5 cm³/mol. The molecule has 8 heteroatoms. The fourth-order valence-corrected chi connectivity index (χ4v) is 2.61. The third kappa shape index (κ3) is 4.28. The first kappa shape index (κ1) is 19.3. The molecule has 3 aromatic rings. The number of aromatic nitrogens is 2. The molecule has 2 aromatic carbocycles. The zero-order valence-corrected chi connectivity index (χ0v) is 15.0. The van der Waals surface area contributed by atoms with Gasteiger partial charge in [-0.3, -0.25) is 4.79 Å². The SMILES string of the molecule is CCN(Cc1ccccc1)c1cc(C(=O)Nc2ccc(F)c(F)c2F)ncn1. The number of carbonyl (C=O) groups excluding carboxylic acids is 1. The maximum Gasteiger partial charge on any atom is 0.274 e. The predicted octanol–water partition coefficient (Wildman–Crippen LogP) is 4.17. The van der Waals surface area contributed by atoms with Gasteiger partial charge < -0.3 is 10.2 Å². The van der Waals surface area contributed by atoms with Gasteiger partial charge in [-0.15, -0.1) is 0 Å². The van der Waals surface area contributed by atoms with Crippen molar-refractivity contribution < 1.29 is 18.0 Å². The summed E-state index contributed by atoms with van der Waals surface area (Å²) in [5.41, 5.74) is 0.569. The second-order valence-corrected chi connectivity index (χ2v) is 5.94. The van der Waals surface area contributed by atoms with E-state index in [1.54, 1.807) is 0 Å². The van der Waals surface area contributed by atoms with Crippen LogP contribution in [0, 0.1) is 17.5 Å². The summed E-state index contributed by atoms with van der Waals surface area (Å²) in [5.74, 6) is -4.70. The second-order valence-electron chi connectivity index (χ2n) is 5.94. The first-order chi connectivity index (χ1) is 13.5. The fourth-order valence-electron chi connectivity index (χ4n) is 2.61. The lowest BCUT2D eigenvalue weighted by atomic mass is 10.2. The van der Waals surface area contributed by atoms with Gasteiger partial charge in [0.15, 0.2) is 17.5 Å². The molecular weight excluding hydrogens is 369 g/mol. The molecule has 0 radical (unpaired) electrons. The molecule has 1 N–H and O–H groups in total. The van der Waals surface area contributed by atoms with Crippen LogP contribution in [0.5, 0.6) is 0 Å². The zero-order chi connectivity index (χ0) is 20.1. The molecule has 1 aromatic heterocycles. The Bertz CT molecular complexity index is 982. The summed E-state index contributed by atoms with van der Waals surface area (Å²) in [4.78, 5) is 22.4. The molecule has 0 saturated heterocycles. The van der Waals surface area contributed by atoms with Crippen LogP contribution in [0.2, 0.25) is 0 Å². The summed E-state index contributed by atoms with van der Waals surface area (Å²) in [7, 11) is 0. The average molecular weight is 386 g/mol. The van der Waals surface area contributed by atoms with Gasteiger partial charge in [0.25, 0.3) is 5.91 Å². The van der Waals surface area contributed by atoms with Crippen LogP contribution in [0.3, 0.4) is 0 Å². The highest BCUT2D eigenvalue weighted by atomic mass is 19.2. The van der Waals surface area contributed by atoms with Crippen LogP contribution in [-0.4, -0.2) is 22.4 Å². The van der Waals surface area contributed by atoms with Crippen molar-refractivity contribution in [3.8, 4) is 0 Å². The quantitative estimate of drug-likeness (QED) is 0.646. The third-order valence-corrected chi connectivity index (χ3v) is 4.09. The van der Waals surface area contributed by atoms with Crippen LogP contribution < -0.4 is 10.2 Å². The summed E-state index contributed by atoms with van der Waals surface area (Å²) >= 11 is 0. The Morgan fingerprint density at radius 3 is 2.50 bits per heavy atom. The summed E-state index contributed by atoms with van der Waals surface area (Å²) in [6.45, 7) is 3.15. The minimum Gasteiger partial charge on any atom is -0.352 e. The highest BCUT2D eigenvalue weighted by molar-refractivity contribution is 6.03. The lowest BCUT2D eigenvalue weighted by Gasteiger charge is -2.22. The molecule has 5 nitrogen and oxygen atoms in total. The molecular formula is C20H17F3N4O. The van der Waals surface area contributed by atoms with E-state index in [2.05, 4.69) is 15.3 Å². The number of anilines is 2. The van der Waals surface area contributed by atoms with E-state index in [4.69, 9.17) is 0 Å². The molecule has 0 fully saturated rings. The number of halogens is 3. The lowest BCUT2D eigenvalue weighted by Crippen LogP contribution is -2.24. The number of hydrogen-bond acceptors (Lipinski definition) is 4. The number of hydrogen-bond donors (Lipinski definition) is 1. The molecule has 0 aliphatic heterocycles. The highest BCUT2D eigenvalue weighted by Crippen LogP contribution is 2.21.